The maximum Gasteiger partial charge on any atom is 0.269 e. The Morgan fingerprint density at radius 2 is 1.75 bits per heavy atom. The summed E-state index contributed by atoms with van der Waals surface area (Å²) in [6.45, 7) is 1.49. The first kappa shape index (κ1) is 20.4. The van der Waals surface area contributed by atoms with Crippen molar-refractivity contribution in [1.82, 2.24) is 10.3 Å². The van der Waals surface area contributed by atoms with Crippen LogP contribution in [0.4, 0.5) is 8.78 Å². The van der Waals surface area contributed by atoms with E-state index in [1.54, 1.807) is 6.07 Å². The molecule has 0 atom stereocenters. The Labute approximate surface area is 163 Å². The number of carbonyl (C=O) groups is 1. The fraction of sp³-hybridized carbons (Fsp3) is 0.350. The van der Waals surface area contributed by atoms with Crippen molar-refractivity contribution in [1.29, 1.82) is 0 Å². The van der Waals surface area contributed by atoms with E-state index in [0.717, 1.165) is 19.3 Å². The summed E-state index contributed by atoms with van der Waals surface area (Å²) in [5.41, 5.74) is 2.93. The van der Waals surface area contributed by atoms with Crippen LogP contribution in [0.3, 0.4) is 0 Å². The molecule has 150 valence electrons. The van der Waals surface area contributed by atoms with Crippen molar-refractivity contribution in [3.63, 3.8) is 0 Å². The van der Waals surface area contributed by atoms with E-state index in [-0.39, 0.29) is 11.1 Å². The number of benzene rings is 2. The van der Waals surface area contributed by atoms with Gasteiger partial charge in [0.2, 0.25) is 10.0 Å². The monoisotopic (exact) mass is 408 g/mol. The lowest BCUT2D eigenvalue weighted by molar-refractivity contribution is 0.0940. The van der Waals surface area contributed by atoms with Gasteiger partial charge >= 0.3 is 0 Å². The van der Waals surface area contributed by atoms with Gasteiger partial charge in [-0.1, -0.05) is 31.4 Å². The van der Waals surface area contributed by atoms with Gasteiger partial charge in [0.15, 0.2) is 0 Å². The number of halogens is 2. The number of hydrogen-bond donors (Lipinski definition) is 2. The van der Waals surface area contributed by atoms with E-state index in [4.69, 9.17) is 0 Å². The van der Waals surface area contributed by atoms with Gasteiger partial charge in [0.1, 0.15) is 11.6 Å². The summed E-state index contributed by atoms with van der Waals surface area (Å²) in [6.07, 6.45) is 3.71. The fourth-order valence-electron chi connectivity index (χ4n) is 3.41. The van der Waals surface area contributed by atoms with Gasteiger partial charge in [-0.25, -0.2) is 17.2 Å². The van der Waals surface area contributed by atoms with E-state index in [1.807, 2.05) is 0 Å². The summed E-state index contributed by atoms with van der Waals surface area (Å²) in [4.78, 5) is 14.5. The molecule has 0 unspecified atom stereocenters. The van der Waals surface area contributed by atoms with Crippen LogP contribution in [0.1, 0.15) is 48.0 Å². The van der Waals surface area contributed by atoms with Gasteiger partial charge in [-0.3, -0.25) is 10.2 Å². The Hall–Kier alpha value is -2.32. The molecule has 0 radical (unpaired) electrons. The van der Waals surface area contributed by atoms with Crippen LogP contribution in [0.2, 0.25) is 0 Å². The lowest BCUT2D eigenvalue weighted by Gasteiger charge is -2.22. The predicted octanol–water partition coefficient (Wildman–Crippen LogP) is 3.84. The average molecular weight is 408 g/mol. The summed E-state index contributed by atoms with van der Waals surface area (Å²) in [6, 6.07) is 8.51. The summed E-state index contributed by atoms with van der Waals surface area (Å²) >= 11 is 0. The molecule has 1 aliphatic rings. The third-order valence-corrected chi connectivity index (χ3v) is 6.69. The molecule has 1 fully saturated rings. The van der Waals surface area contributed by atoms with Gasteiger partial charge in [0.25, 0.3) is 5.91 Å². The van der Waals surface area contributed by atoms with Crippen LogP contribution >= 0.6 is 0 Å². The molecule has 0 aromatic heterocycles. The maximum absolute atomic E-state index is 14.5. The summed E-state index contributed by atoms with van der Waals surface area (Å²) in [7, 11) is -3.73. The lowest BCUT2D eigenvalue weighted by Crippen LogP contribution is -2.46. The fourth-order valence-corrected chi connectivity index (χ4v) is 4.77. The Balaban J connectivity index is 1.81. The summed E-state index contributed by atoms with van der Waals surface area (Å²) in [5, 5.41) is -0.563. The zero-order chi connectivity index (χ0) is 20.3. The summed E-state index contributed by atoms with van der Waals surface area (Å²) < 4.78 is 52.7. The Morgan fingerprint density at radius 1 is 1.04 bits per heavy atom. The minimum atomic E-state index is -3.73. The largest absolute Gasteiger partial charge is 0.274 e. The number of amides is 1. The molecule has 2 aromatic carbocycles. The molecular formula is C20H22F2N2O3S. The third-order valence-electron chi connectivity index (χ3n) is 4.95. The molecule has 0 spiro atoms. The van der Waals surface area contributed by atoms with Crippen LogP contribution in [0.25, 0.3) is 11.1 Å². The second-order valence-electron chi connectivity index (χ2n) is 7.03. The lowest BCUT2D eigenvalue weighted by atomic mass is 9.99. The summed E-state index contributed by atoms with van der Waals surface area (Å²) in [5.74, 6) is -2.11. The van der Waals surface area contributed by atoms with Crippen LogP contribution in [-0.2, 0) is 10.0 Å². The number of carbonyl (C=O) groups excluding carboxylic acids is 1. The van der Waals surface area contributed by atoms with Crippen LogP contribution in [-0.4, -0.2) is 19.6 Å². The molecule has 8 heteroatoms. The Kier molecular flexibility index (Phi) is 6.10. The second-order valence-corrected chi connectivity index (χ2v) is 8.99. The van der Waals surface area contributed by atoms with Crippen molar-refractivity contribution >= 4 is 15.9 Å². The van der Waals surface area contributed by atoms with Gasteiger partial charge in [0, 0.05) is 0 Å². The Morgan fingerprint density at radius 3 is 2.43 bits per heavy atom. The van der Waals surface area contributed by atoms with E-state index in [9.17, 15) is 22.0 Å². The second kappa shape index (κ2) is 8.36. The smallest absolute Gasteiger partial charge is 0.269 e. The molecular weight excluding hydrogens is 386 g/mol. The molecule has 0 saturated heterocycles. The van der Waals surface area contributed by atoms with Crippen LogP contribution in [0.5, 0.6) is 0 Å². The maximum atomic E-state index is 14.5. The molecule has 0 heterocycles. The first-order valence-corrected chi connectivity index (χ1v) is 10.7. The highest BCUT2D eigenvalue weighted by atomic mass is 32.2. The van der Waals surface area contributed by atoms with E-state index in [0.29, 0.717) is 24.0 Å². The molecule has 0 aliphatic heterocycles. The molecule has 2 aromatic rings. The first-order chi connectivity index (χ1) is 13.3. The van der Waals surface area contributed by atoms with Crippen molar-refractivity contribution < 1.29 is 22.0 Å². The highest BCUT2D eigenvalue weighted by Gasteiger charge is 2.28. The van der Waals surface area contributed by atoms with Gasteiger partial charge < -0.3 is 0 Å². The van der Waals surface area contributed by atoms with Gasteiger partial charge in [-0.05, 0) is 60.7 Å². The molecule has 2 N–H and O–H groups in total. The minimum absolute atomic E-state index is 0.196. The number of rotatable bonds is 5. The molecule has 28 heavy (non-hydrogen) atoms. The predicted molar refractivity (Wildman–Crippen MR) is 103 cm³/mol. The number of hydrogen-bond acceptors (Lipinski definition) is 3. The molecule has 3 rings (SSSR count). The zero-order valence-corrected chi connectivity index (χ0v) is 16.3. The van der Waals surface area contributed by atoms with E-state index in [1.165, 1.54) is 37.3 Å². The Bertz CT molecular complexity index is 987. The van der Waals surface area contributed by atoms with Crippen molar-refractivity contribution in [3.05, 3.63) is 59.2 Å². The zero-order valence-electron chi connectivity index (χ0n) is 15.5. The van der Waals surface area contributed by atoms with Crippen LogP contribution < -0.4 is 10.3 Å². The van der Waals surface area contributed by atoms with Crippen LogP contribution in [0, 0.1) is 18.6 Å². The van der Waals surface area contributed by atoms with Gasteiger partial charge in [-0.15, -0.1) is 4.83 Å². The normalized spacial score (nSPS) is 15.4. The van der Waals surface area contributed by atoms with Crippen molar-refractivity contribution in [2.45, 2.75) is 44.3 Å². The SMILES string of the molecule is Cc1cc(-c2cccc(F)c2)cc(C(=O)NNS(=O)(=O)C2CCCCC2)c1F. The van der Waals surface area contributed by atoms with Gasteiger partial charge in [0.05, 0.1) is 10.8 Å². The van der Waals surface area contributed by atoms with Crippen LogP contribution in [0.15, 0.2) is 36.4 Å². The molecule has 0 bridgehead atoms. The van der Waals surface area contributed by atoms with E-state index >= 15 is 0 Å². The molecule has 5 nitrogen and oxygen atoms in total. The highest BCUT2D eigenvalue weighted by molar-refractivity contribution is 7.90. The number of aryl methyl sites for hydroxylation is 1. The number of sulfonamides is 1. The van der Waals surface area contributed by atoms with Crippen molar-refractivity contribution in [3.8, 4) is 11.1 Å². The quantitative estimate of drug-likeness (QED) is 0.738. The standard InChI is InChI=1S/C20H22F2N2O3S/c1-13-10-15(14-6-5-7-16(21)11-14)12-18(19(13)22)20(25)23-24-28(26,27)17-8-3-2-4-9-17/h5-7,10-12,17,24H,2-4,8-9H2,1H3,(H,23,25). The highest BCUT2D eigenvalue weighted by Crippen LogP contribution is 2.26. The van der Waals surface area contributed by atoms with Gasteiger partial charge in [-0.2, -0.15) is 0 Å². The topological polar surface area (TPSA) is 75.3 Å². The van der Waals surface area contributed by atoms with E-state index in [2.05, 4.69) is 10.3 Å². The first-order valence-electron chi connectivity index (χ1n) is 9.15. The molecule has 1 aliphatic carbocycles. The number of hydrazine groups is 1. The van der Waals surface area contributed by atoms with Crippen molar-refractivity contribution in [2.75, 3.05) is 0 Å². The third kappa shape index (κ3) is 4.56. The molecule has 1 saturated carbocycles. The van der Waals surface area contributed by atoms with Crippen molar-refractivity contribution in [2.24, 2.45) is 0 Å². The number of nitrogens with one attached hydrogen (secondary N) is 2. The van der Waals surface area contributed by atoms with E-state index < -0.39 is 32.8 Å². The average Bonchev–Trinajstić information content (AvgIpc) is 2.69. The minimum Gasteiger partial charge on any atom is -0.274 e. The molecule has 1 amide bonds.